The molecule has 7 heteroatoms. The number of thiazole rings is 1. The molecule has 0 unspecified atom stereocenters. The maximum atomic E-state index is 14.0. The summed E-state index contributed by atoms with van der Waals surface area (Å²) in [5, 5.41) is 2.46. The van der Waals surface area contributed by atoms with Crippen LogP contribution in [0.15, 0.2) is 34.2 Å². The van der Waals surface area contributed by atoms with Gasteiger partial charge in [0.05, 0.1) is 11.3 Å². The van der Waals surface area contributed by atoms with E-state index >= 15 is 0 Å². The van der Waals surface area contributed by atoms with Gasteiger partial charge in [-0.15, -0.1) is 11.3 Å². The molecule has 0 aliphatic rings. The first-order chi connectivity index (χ1) is 10.0. The highest BCUT2D eigenvalue weighted by molar-refractivity contribution is 9.10. The normalized spacial score (nSPS) is 10.8. The first-order valence-electron chi connectivity index (χ1n) is 6.05. The predicted octanol–water partition coefficient (Wildman–Crippen LogP) is 4.06. The van der Waals surface area contributed by atoms with E-state index in [1.165, 1.54) is 17.4 Å². The fourth-order valence-electron chi connectivity index (χ4n) is 1.87. The second-order valence-corrected chi connectivity index (χ2v) is 6.15. The molecule has 0 fully saturated rings. The van der Waals surface area contributed by atoms with Crippen molar-refractivity contribution in [2.75, 3.05) is 5.73 Å². The largest absolute Gasteiger partial charge is 0.383 e. The van der Waals surface area contributed by atoms with Crippen LogP contribution >= 0.6 is 27.3 Å². The number of nitrogens with zero attached hydrogens (tertiary/aromatic N) is 3. The standard InChI is InChI=1S/C14H10BrFN4S/c1-7-18-5-10(13(17)19-7)14-20-12(6-21-14)9-3-2-8(15)4-11(9)16/h2-6H,1H3,(H2,17,18,19). The molecule has 0 amide bonds. The fourth-order valence-corrected chi connectivity index (χ4v) is 3.04. The van der Waals surface area contributed by atoms with E-state index in [9.17, 15) is 4.39 Å². The van der Waals surface area contributed by atoms with E-state index in [1.807, 2.05) is 0 Å². The highest BCUT2D eigenvalue weighted by Crippen LogP contribution is 2.32. The molecule has 3 rings (SSSR count). The van der Waals surface area contributed by atoms with Crippen LogP contribution in [0.25, 0.3) is 21.8 Å². The molecule has 0 bridgehead atoms. The number of aromatic nitrogens is 3. The van der Waals surface area contributed by atoms with E-state index < -0.39 is 0 Å². The minimum atomic E-state index is -0.325. The second-order valence-electron chi connectivity index (χ2n) is 4.38. The van der Waals surface area contributed by atoms with Gasteiger partial charge in [0.2, 0.25) is 0 Å². The first kappa shape index (κ1) is 14.1. The van der Waals surface area contributed by atoms with Crippen molar-refractivity contribution in [2.45, 2.75) is 6.92 Å². The SMILES string of the molecule is Cc1ncc(-c2nc(-c3ccc(Br)cc3F)cs2)c(N)n1. The molecule has 2 aromatic heterocycles. The molecule has 1 aromatic carbocycles. The number of halogens is 2. The van der Waals surface area contributed by atoms with Gasteiger partial charge in [-0.2, -0.15) is 0 Å². The monoisotopic (exact) mass is 364 g/mol. The Bertz CT molecular complexity index is 752. The Balaban J connectivity index is 2.03. The van der Waals surface area contributed by atoms with E-state index in [2.05, 4.69) is 30.9 Å². The van der Waals surface area contributed by atoms with E-state index in [0.29, 0.717) is 37.9 Å². The van der Waals surface area contributed by atoms with Crippen LogP contribution in [0, 0.1) is 12.7 Å². The van der Waals surface area contributed by atoms with Gasteiger partial charge >= 0.3 is 0 Å². The van der Waals surface area contributed by atoms with Crippen molar-refractivity contribution >= 4 is 33.1 Å². The number of nitrogens with two attached hydrogens (primary N) is 1. The number of hydrogen-bond donors (Lipinski definition) is 1. The maximum absolute atomic E-state index is 14.0. The molecule has 106 valence electrons. The molecule has 0 saturated carbocycles. The lowest BCUT2D eigenvalue weighted by Crippen LogP contribution is -1.98. The Morgan fingerprint density at radius 1 is 1.24 bits per heavy atom. The van der Waals surface area contributed by atoms with Crippen LogP contribution in [0.5, 0.6) is 0 Å². The minimum Gasteiger partial charge on any atom is -0.383 e. The Morgan fingerprint density at radius 3 is 2.76 bits per heavy atom. The quantitative estimate of drug-likeness (QED) is 0.744. The summed E-state index contributed by atoms with van der Waals surface area (Å²) in [6.07, 6.45) is 1.64. The number of nitrogen functional groups attached to an aromatic ring is 1. The van der Waals surface area contributed by atoms with Gasteiger partial charge in [-0.3, -0.25) is 0 Å². The van der Waals surface area contributed by atoms with Crippen LogP contribution < -0.4 is 5.73 Å². The summed E-state index contributed by atoms with van der Waals surface area (Å²) >= 11 is 4.62. The average molecular weight is 365 g/mol. The number of anilines is 1. The van der Waals surface area contributed by atoms with Gasteiger partial charge in [0.25, 0.3) is 0 Å². The second kappa shape index (κ2) is 5.50. The summed E-state index contributed by atoms with van der Waals surface area (Å²) in [5.41, 5.74) is 7.57. The van der Waals surface area contributed by atoms with Crippen LogP contribution in [-0.2, 0) is 0 Å². The Hall–Kier alpha value is -1.86. The highest BCUT2D eigenvalue weighted by atomic mass is 79.9. The minimum absolute atomic E-state index is 0.325. The van der Waals surface area contributed by atoms with Crippen molar-refractivity contribution in [3.8, 4) is 21.8 Å². The lowest BCUT2D eigenvalue weighted by Gasteiger charge is -2.02. The lowest BCUT2D eigenvalue weighted by atomic mass is 10.1. The van der Waals surface area contributed by atoms with Gasteiger partial charge in [0.15, 0.2) is 0 Å². The van der Waals surface area contributed by atoms with Gasteiger partial charge < -0.3 is 5.73 Å². The topological polar surface area (TPSA) is 64.7 Å². The van der Waals surface area contributed by atoms with E-state index in [-0.39, 0.29) is 5.82 Å². The third-order valence-electron chi connectivity index (χ3n) is 2.88. The van der Waals surface area contributed by atoms with Gasteiger partial charge in [-0.05, 0) is 25.1 Å². The summed E-state index contributed by atoms with van der Waals surface area (Å²) < 4.78 is 14.7. The molecule has 21 heavy (non-hydrogen) atoms. The Morgan fingerprint density at radius 2 is 2.05 bits per heavy atom. The van der Waals surface area contributed by atoms with Crippen LogP contribution in [0.2, 0.25) is 0 Å². The van der Waals surface area contributed by atoms with Crippen molar-refractivity contribution in [1.29, 1.82) is 0 Å². The van der Waals surface area contributed by atoms with E-state index in [0.717, 1.165) is 0 Å². The summed E-state index contributed by atoms with van der Waals surface area (Å²) in [6, 6.07) is 4.88. The maximum Gasteiger partial charge on any atom is 0.137 e. The zero-order valence-electron chi connectivity index (χ0n) is 11.0. The molecule has 0 spiro atoms. The van der Waals surface area contributed by atoms with Crippen molar-refractivity contribution < 1.29 is 4.39 Å². The molecular weight excluding hydrogens is 355 g/mol. The van der Waals surface area contributed by atoms with E-state index in [4.69, 9.17) is 5.73 Å². The number of rotatable bonds is 2. The van der Waals surface area contributed by atoms with Crippen molar-refractivity contribution in [3.05, 3.63) is 45.9 Å². The molecule has 2 heterocycles. The summed E-state index contributed by atoms with van der Waals surface area (Å²) in [4.78, 5) is 12.7. The smallest absolute Gasteiger partial charge is 0.137 e. The van der Waals surface area contributed by atoms with Gasteiger partial charge in [-0.25, -0.2) is 19.3 Å². The van der Waals surface area contributed by atoms with Gasteiger partial charge in [-0.1, -0.05) is 15.9 Å². The highest BCUT2D eigenvalue weighted by Gasteiger charge is 2.13. The summed E-state index contributed by atoms with van der Waals surface area (Å²) in [7, 11) is 0. The van der Waals surface area contributed by atoms with E-state index in [1.54, 1.807) is 30.6 Å². The van der Waals surface area contributed by atoms with Crippen LogP contribution in [0.3, 0.4) is 0 Å². The molecule has 0 radical (unpaired) electrons. The average Bonchev–Trinajstić information content (AvgIpc) is 2.87. The third-order valence-corrected chi connectivity index (χ3v) is 4.25. The Labute approximate surface area is 133 Å². The zero-order valence-corrected chi connectivity index (χ0v) is 13.4. The van der Waals surface area contributed by atoms with Gasteiger partial charge in [0.1, 0.15) is 22.5 Å². The lowest BCUT2D eigenvalue weighted by molar-refractivity contribution is 0.630. The number of benzene rings is 1. The first-order valence-corrected chi connectivity index (χ1v) is 7.72. The van der Waals surface area contributed by atoms with Crippen LogP contribution in [0.4, 0.5) is 10.2 Å². The Kier molecular flexibility index (Phi) is 3.69. The molecule has 3 aromatic rings. The molecule has 0 saturated heterocycles. The molecule has 2 N–H and O–H groups in total. The third kappa shape index (κ3) is 2.79. The molecule has 4 nitrogen and oxygen atoms in total. The van der Waals surface area contributed by atoms with Crippen molar-refractivity contribution in [2.24, 2.45) is 0 Å². The van der Waals surface area contributed by atoms with Gasteiger partial charge in [0, 0.05) is 21.6 Å². The number of aryl methyl sites for hydroxylation is 1. The molecule has 0 aliphatic carbocycles. The van der Waals surface area contributed by atoms with Crippen molar-refractivity contribution in [1.82, 2.24) is 15.0 Å². The fraction of sp³-hybridized carbons (Fsp3) is 0.0714. The van der Waals surface area contributed by atoms with Crippen LogP contribution in [-0.4, -0.2) is 15.0 Å². The zero-order chi connectivity index (χ0) is 15.0. The predicted molar refractivity (Wildman–Crippen MR) is 85.4 cm³/mol. The molecule has 0 aliphatic heterocycles. The summed E-state index contributed by atoms with van der Waals surface area (Å²) in [6.45, 7) is 1.77. The number of hydrogen-bond acceptors (Lipinski definition) is 5. The van der Waals surface area contributed by atoms with Crippen molar-refractivity contribution in [3.63, 3.8) is 0 Å². The molecular formula is C14H10BrFN4S. The van der Waals surface area contributed by atoms with Crippen LogP contribution in [0.1, 0.15) is 5.82 Å². The summed E-state index contributed by atoms with van der Waals surface area (Å²) in [5.74, 6) is 0.654. The molecule has 0 atom stereocenters.